The molecule has 1 N–H and O–H groups in total. The summed E-state index contributed by atoms with van der Waals surface area (Å²) in [6, 6.07) is 12.5. The van der Waals surface area contributed by atoms with Gasteiger partial charge in [-0.05, 0) is 49.1 Å². The monoisotopic (exact) mass is 465 g/mol. The van der Waals surface area contributed by atoms with Gasteiger partial charge in [0.15, 0.2) is 0 Å². The molecule has 4 rings (SSSR count). The van der Waals surface area contributed by atoms with E-state index in [9.17, 15) is 4.79 Å². The summed E-state index contributed by atoms with van der Waals surface area (Å²) >= 11 is 3.13. The Hall–Kier alpha value is -2.71. The third-order valence-corrected chi connectivity index (χ3v) is 7.01. The van der Waals surface area contributed by atoms with Crippen molar-refractivity contribution in [3.63, 3.8) is 0 Å². The van der Waals surface area contributed by atoms with Gasteiger partial charge in [-0.15, -0.1) is 16.4 Å². The zero-order valence-corrected chi connectivity index (χ0v) is 20.4. The van der Waals surface area contributed by atoms with Crippen LogP contribution in [0.5, 0.6) is 0 Å². The Morgan fingerprint density at radius 2 is 1.97 bits per heavy atom. The molecule has 0 saturated carbocycles. The summed E-state index contributed by atoms with van der Waals surface area (Å²) < 4.78 is 1.73. The van der Waals surface area contributed by atoms with Crippen LogP contribution in [0.3, 0.4) is 0 Å². The molecule has 0 aliphatic rings. The Labute approximate surface area is 196 Å². The molecule has 1 aromatic carbocycles. The molecule has 0 radical (unpaired) electrons. The van der Waals surface area contributed by atoms with Crippen LogP contribution in [-0.4, -0.2) is 31.7 Å². The molecule has 0 bridgehead atoms. The largest absolute Gasteiger partial charge is 0.344 e. The van der Waals surface area contributed by atoms with Gasteiger partial charge in [-0.25, -0.2) is 9.50 Å². The minimum Gasteiger partial charge on any atom is -0.344 e. The van der Waals surface area contributed by atoms with Gasteiger partial charge < -0.3 is 5.32 Å². The minimum absolute atomic E-state index is 0.0430. The van der Waals surface area contributed by atoms with Crippen LogP contribution in [0.25, 0.3) is 5.78 Å². The van der Waals surface area contributed by atoms with Crippen molar-refractivity contribution in [3.05, 3.63) is 74.7 Å². The average Bonchev–Trinajstić information content (AvgIpc) is 3.46. The van der Waals surface area contributed by atoms with Crippen molar-refractivity contribution < 1.29 is 4.79 Å². The summed E-state index contributed by atoms with van der Waals surface area (Å²) in [5.41, 5.74) is 4.99. The van der Waals surface area contributed by atoms with Crippen molar-refractivity contribution in [1.29, 1.82) is 0 Å². The maximum atomic E-state index is 13.2. The second-order valence-electron chi connectivity index (χ2n) is 7.76. The lowest BCUT2D eigenvalue weighted by atomic mass is 10.0. The molecule has 8 heteroatoms. The number of thiophene rings is 1. The molecule has 32 heavy (non-hydrogen) atoms. The lowest BCUT2D eigenvalue weighted by molar-refractivity contribution is -0.120. The summed E-state index contributed by atoms with van der Waals surface area (Å²) in [4.78, 5) is 23.3. The molecule has 0 aliphatic carbocycles. The molecule has 166 valence electrons. The van der Waals surface area contributed by atoms with Crippen molar-refractivity contribution in [2.75, 3.05) is 6.26 Å². The fourth-order valence-corrected chi connectivity index (χ4v) is 4.98. The van der Waals surface area contributed by atoms with Gasteiger partial charge >= 0.3 is 0 Å². The van der Waals surface area contributed by atoms with E-state index in [-0.39, 0.29) is 18.4 Å². The number of rotatable bonds is 8. The lowest BCUT2D eigenvalue weighted by Gasteiger charge is -2.19. The van der Waals surface area contributed by atoms with Crippen molar-refractivity contribution in [1.82, 2.24) is 24.9 Å². The second-order valence-corrected chi connectivity index (χ2v) is 9.51. The van der Waals surface area contributed by atoms with Crippen LogP contribution in [0.15, 0.2) is 46.9 Å². The maximum Gasteiger partial charge on any atom is 0.253 e. The molecule has 3 aromatic heterocycles. The topological polar surface area (TPSA) is 72.2 Å². The molecule has 4 aromatic rings. The number of benzene rings is 1. The Kier molecular flexibility index (Phi) is 6.91. The molecule has 6 nitrogen and oxygen atoms in total. The van der Waals surface area contributed by atoms with E-state index in [0.29, 0.717) is 10.9 Å². The molecule has 1 amide bonds. The highest BCUT2D eigenvalue weighted by Gasteiger charge is 2.21. The van der Waals surface area contributed by atoms with Crippen LogP contribution >= 0.6 is 23.1 Å². The number of amides is 1. The molecule has 0 spiro atoms. The highest BCUT2D eigenvalue weighted by atomic mass is 32.2. The Bertz CT molecular complexity index is 1220. The molecule has 0 fully saturated rings. The van der Waals surface area contributed by atoms with Crippen LogP contribution in [0.4, 0.5) is 0 Å². The number of hydrogen-bond acceptors (Lipinski definition) is 6. The summed E-state index contributed by atoms with van der Waals surface area (Å²) in [6.45, 7) is 6.07. The number of carbonyl (C=O) groups is 1. The van der Waals surface area contributed by atoms with Crippen molar-refractivity contribution in [3.8, 4) is 0 Å². The number of nitrogens with one attached hydrogen (secondary N) is 1. The van der Waals surface area contributed by atoms with Crippen molar-refractivity contribution in [2.45, 2.75) is 51.2 Å². The van der Waals surface area contributed by atoms with E-state index in [0.717, 1.165) is 40.2 Å². The van der Waals surface area contributed by atoms with Crippen LogP contribution in [0, 0.1) is 13.8 Å². The van der Waals surface area contributed by atoms with Gasteiger partial charge in [-0.3, -0.25) is 4.79 Å². The molecular formula is C24H27N5OS2. The minimum atomic E-state index is -0.176. The summed E-state index contributed by atoms with van der Waals surface area (Å²) in [5.74, 6) is 0.524. The highest BCUT2D eigenvalue weighted by Crippen LogP contribution is 2.27. The number of aromatic nitrogens is 4. The van der Waals surface area contributed by atoms with E-state index in [4.69, 9.17) is 0 Å². The van der Waals surface area contributed by atoms with Crippen LogP contribution < -0.4 is 5.32 Å². The van der Waals surface area contributed by atoms with Gasteiger partial charge in [0.1, 0.15) is 0 Å². The molecule has 1 atom stereocenters. The van der Waals surface area contributed by atoms with E-state index in [2.05, 4.69) is 57.6 Å². The van der Waals surface area contributed by atoms with Gasteiger partial charge in [-0.2, -0.15) is 4.98 Å². The summed E-state index contributed by atoms with van der Waals surface area (Å²) in [5, 5.41) is 10.5. The van der Waals surface area contributed by atoms with Crippen LogP contribution in [0.2, 0.25) is 0 Å². The standard InChI is InChI=1S/C24H27N5OS2/c1-5-7-17-9-11-18(12-10-17)22(20-8-6-13-32-20)26-21(30)14-19-15(2)25-23-27-24(31-4)28-29(23)16(19)3/h6,8-13,22H,5,7,14H2,1-4H3,(H,26,30). The first-order valence-electron chi connectivity index (χ1n) is 10.7. The zero-order valence-electron chi connectivity index (χ0n) is 18.8. The van der Waals surface area contributed by atoms with E-state index in [1.165, 1.54) is 17.3 Å². The van der Waals surface area contributed by atoms with Gasteiger partial charge in [0, 0.05) is 21.8 Å². The zero-order chi connectivity index (χ0) is 22.7. The van der Waals surface area contributed by atoms with Gasteiger partial charge in [-0.1, -0.05) is 55.4 Å². The second kappa shape index (κ2) is 9.83. The first-order chi connectivity index (χ1) is 15.5. The number of aryl methyl sites for hydroxylation is 3. The Morgan fingerprint density at radius 1 is 1.19 bits per heavy atom. The Morgan fingerprint density at radius 3 is 2.62 bits per heavy atom. The summed E-state index contributed by atoms with van der Waals surface area (Å²) in [6.07, 6.45) is 4.35. The number of hydrogen-bond donors (Lipinski definition) is 1. The van der Waals surface area contributed by atoms with Gasteiger partial charge in [0.2, 0.25) is 11.1 Å². The van der Waals surface area contributed by atoms with E-state index < -0.39 is 0 Å². The third kappa shape index (κ3) is 4.71. The third-order valence-electron chi connectivity index (χ3n) is 5.53. The predicted molar refractivity (Wildman–Crippen MR) is 130 cm³/mol. The van der Waals surface area contributed by atoms with E-state index >= 15 is 0 Å². The Balaban J connectivity index is 1.59. The normalized spacial score (nSPS) is 12.2. The SMILES string of the molecule is CCCc1ccc(C(NC(=O)Cc2c(C)nc3nc(SC)nn3c2C)c2cccs2)cc1. The van der Waals surface area contributed by atoms with Gasteiger partial charge in [0.05, 0.1) is 12.5 Å². The molecular weight excluding hydrogens is 438 g/mol. The quantitative estimate of drug-likeness (QED) is 0.374. The van der Waals surface area contributed by atoms with Crippen LogP contribution in [-0.2, 0) is 17.6 Å². The molecule has 0 aliphatic heterocycles. The number of carbonyl (C=O) groups excluding carboxylic acids is 1. The smallest absolute Gasteiger partial charge is 0.253 e. The average molecular weight is 466 g/mol. The summed E-state index contributed by atoms with van der Waals surface area (Å²) in [7, 11) is 0. The van der Waals surface area contributed by atoms with Crippen molar-refractivity contribution >= 4 is 34.8 Å². The number of thioether (sulfide) groups is 1. The fourth-order valence-electron chi connectivity index (χ4n) is 3.84. The number of fused-ring (bicyclic) bond motifs is 1. The molecule has 1 unspecified atom stereocenters. The highest BCUT2D eigenvalue weighted by molar-refractivity contribution is 7.98. The lowest BCUT2D eigenvalue weighted by Crippen LogP contribution is -2.31. The van der Waals surface area contributed by atoms with Gasteiger partial charge in [0.25, 0.3) is 5.78 Å². The molecule has 0 saturated heterocycles. The van der Waals surface area contributed by atoms with E-state index in [1.807, 2.05) is 31.5 Å². The first-order valence-corrected chi connectivity index (χ1v) is 12.8. The van der Waals surface area contributed by atoms with E-state index in [1.54, 1.807) is 15.9 Å². The van der Waals surface area contributed by atoms with Crippen molar-refractivity contribution in [2.24, 2.45) is 0 Å². The number of nitrogens with zero attached hydrogens (tertiary/aromatic N) is 4. The molecule has 3 heterocycles. The first kappa shape index (κ1) is 22.5. The van der Waals surface area contributed by atoms with Crippen LogP contribution in [0.1, 0.15) is 52.3 Å². The maximum absolute atomic E-state index is 13.2. The predicted octanol–water partition coefficient (Wildman–Crippen LogP) is 4.93. The fraction of sp³-hybridized carbons (Fsp3) is 0.333.